The number of rotatable bonds is 7. The highest BCUT2D eigenvalue weighted by Gasteiger charge is 2.32. The van der Waals surface area contributed by atoms with Crippen LogP contribution in [-0.4, -0.2) is 30.4 Å². The lowest BCUT2D eigenvalue weighted by Crippen LogP contribution is -2.41. The molecule has 20 heavy (non-hydrogen) atoms. The second-order valence-corrected chi connectivity index (χ2v) is 5.31. The van der Waals surface area contributed by atoms with E-state index in [0.29, 0.717) is 6.61 Å². The van der Waals surface area contributed by atoms with Crippen molar-refractivity contribution in [2.24, 2.45) is 11.8 Å². The molecule has 0 aliphatic carbocycles. The van der Waals surface area contributed by atoms with E-state index < -0.39 is 24.1 Å². The Kier molecular flexibility index (Phi) is 6.68. The molecule has 4 heteroatoms. The third-order valence-corrected chi connectivity index (χ3v) is 3.36. The van der Waals surface area contributed by atoms with E-state index in [1.165, 1.54) is 7.11 Å². The fourth-order valence-corrected chi connectivity index (χ4v) is 2.06. The van der Waals surface area contributed by atoms with E-state index in [2.05, 4.69) is 4.74 Å². The van der Waals surface area contributed by atoms with Gasteiger partial charge in [-0.2, -0.15) is 0 Å². The molecule has 0 aliphatic heterocycles. The van der Waals surface area contributed by atoms with E-state index in [0.717, 1.165) is 5.56 Å². The number of carbonyl (C=O) groups is 1. The van der Waals surface area contributed by atoms with Crippen molar-refractivity contribution in [1.82, 2.24) is 0 Å². The monoisotopic (exact) mass is 280 g/mol. The van der Waals surface area contributed by atoms with Crippen LogP contribution in [0.1, 0.15) is 26.3 Å². The number of aliphatic hydroxyl groups is 1. The van der Waals surface area contributed by atoms with Gasteiger partial charge in [0.1, 0.15) is 0 Å². The van der Waals surface area contributed by atoms with E-state index in [1.54, 1.807) is 6.92 Å². The highest BCUT2D eigenvalue weighted by molar-refractivity contribution is 5.72. The number of ether oxygens (including phenoxy) is 2. The van der Waals surface area contributed by atoms with Crippen LogP contribution in [0.2, 0.25) is 0 Å². The summed E-state index contributed by atoms with van der Waals surface area (Å²) in [7, 11) is 1.32. The Morgan fingerprint density at radius 2 is 1.80 bits per heavy atom. The Morgan fingerprint density at radius 1 is 1.20 bits per heavy atom. The minimum atomic E-state index is -0.883. The summed E-state index contributed by atoms with van der Waals surface area (Å²) < 4.78 is 10.5. The number of hydrogen-bond acceptors (Lipinski definition) is 4. The Morgan fingerprint density at radius 3 is 2.30 bits per heavy atom. The first kappa shape index (κ1) is 16.7. The Bertz CT molecular complexity index is 402. The van der Waals surface area contributed by atoms with Gasteiger partial charge in [0.2, 0.25) is 0 Å². The molecule has 0 saturated carbocycles. The normalized spacial score (nSPS) is 15.7. The summed E-state index contributed by atoms with van der Waals surface area (Å²) in [4.78, 5) is 11.5. The first-order valence-corrected chi connectivity index (χ1v) is 6.88. The van der Waals surface area contributed by atoms with E-state index in [-0.39, 0.29) is 5.92 Å². The van der Waals surface area contributed by atoms with E-state index in [1.807, 2.05) is 44.2 Å². The Balaban J connectivity index is 2.67. The van der Waals surface area contributed by atoms with Gasteiger partial charge in [0.15, 0.2) is 0 Å². The van der Waals surface area contributed by atoms with Crippen molar-refractivity contribution in [3.63, 3.8) is 0 Å². The van der Waals surface area contributed by atoms with Gasteiger partial charge >= 0.3 is 5.97 Å². The number of benzene rings is 1. The number of aliphatic hydroxyl groups excluding tert-OH is 1. The summed E-state index contributed by atoms with van der Waals surface area (Å²) in [5, 5.41) is 10.3. The van der Waals surface area contributed by atoms with Crippen LogP contribution >= 0.6 is 0 Å². The summed E-state index contributed by atoms with van der Waals surface area (Å²) in [6.45, 7) is 5.98. The zero-order valence-corrected chi connectivity index (χ0v) is 12.6. The van der Waals surface area contributed by atoms with Crippen molar-refractivity contribution >= 4 is 5.97 Å². The van der Waals surface area contributed by atoms with Crippen LogP contribution in [-0.2, 0) is 20.9 Å². The minimum absolute atomic E-state index is 0.0980. The Labute approximate surface area is 120 Å². The van der Waals surface area contributed by atoms with Crippen LogP contribution in [0.3, 0.4) is 0 Å². The molecule has 1 aromatic rings. The molecule has 2 unspecified atom stereocenters. The van der Waals surface area contributed by atoms with Gasteiger partial charge in [0.25, 0.3) is 0 Å². The van der Waals surface area contributed by atoms with Gasteiger partial charge in [-0.05, 0) is 18.4 Å². The van der Waals surface area contributed by atoms with Crippen molar-refractivity contribution in [3.8, 4) is 0 Å². The van der Waals surface area contributed by atoms with E-state index >= 15 is 0 Å². The molecule has 1 rings (SSSR count). The molecule has 3 atom stereocenters. The molecule has 0 amide bonds. The van der Waals surface area contributed by atoms with Gasteiger partial charge in [-0.3, -0.25) is 4.79 Å². The topological polar surface area (TPSA) is 55.8 Å². The average molecular weight is 280 g/mol. The quantitative estimate of drug-likeness (QED) is 0.779. The average Bonchev–Trinajstić information content (AvgIpc) is 2.46. The standard InChI is InChI=1S/C16H24O4/c1-11(2)15(14(17)12(3)16(18)19-4)20-10-13-8-6-5-7-9-13/h5-9,11-12,14-15,17H,10H2,1-4H3/t12?,14?,15-/m0/s1. The Hall–Kier alpha value is -1.39. The molecule has 0 spiro atoms. The number of hydrogen-bond donors (Lipinski definition) is 1. The van der Waals surface area contributed by atoms with Crippen molar-refractivity contribution < 1.29 is 19.4 Å². The molecule has 0 saturated heterocycles. The summed E-state index contributed by atoms with van der Waals surface area (Å²) >= 11 is 0. The maximum absolute atomic E-state index is 11.5. The third kappa shape index (κ3) is 4.62. The fourth-order valence-electron chi connectivity index (χ4n) is 2.06. The zero-order valence-electron chi connectivity index (χ0n) is 12.6. The molecular weight excluding hydrogens is 256 g/mol. The number of carbonyl (C=O) groups excluding carboxylic acids is 1. The molecule has 1 aromatic carbocycles. The van der Waals surface area contributed by atoms with Crippen LogP contribution in [0.4, 0.5) is 0 Å². The maximum Gasteiger partial charge on any atom is 0.311 e. The fraction of sp³-hybridized carbons (Fsp3) is 0.562. The highest BCUT2D eigenvalue weighted by Crippen LogP contribution is 2.20. The second-order valence-electron chi connectivity index (χ2n) is 5.31. The molecule has 0 radical (unpaired) electrons. The van der Waals surface area contributed by atoms with Gasteiger partial charge in [0, 0.05) is 0 Å². The predicted molar refractivity (Wildman–Crippen MR) is 77.0 cm³/mol. The van der Waals surface area contributed by atoms with Gasteiger partial charge in [0.05, 0.1) is 31.8 Å². The molecule has 0 bridgehead atoms. The van der Waals surface area contributed by atoms with Gasteiger partial charge in [-0.15, -0.1) is 0 Å². The largest absolute Gasteiger partial charge is 0.469 e. The smallest absolute Gasteiger partial charge is 0.311 e. The first-order valence-electron chi connectivity index (χ1n) is 6.88. The molecule has 0 heterocycles. The molecule has 0 fully saturated rings. The minimum Gasteiger partial charge on any atom is -0.469 e. The summed E-state index contributed by atoms with van der Waals surface area (Å²) in [6.07, 6.45) is -1.30. The van der Waals surface area contributed by atoms with Gasteiger partial charge in [-0.25, -0.2) is 0 Å². The van der Waals surface area contributed by atoms with Crippen molar-refractivity contribution in [1.29, 1.82) is 0 Å². The molecule has 4 nitrogen and oxygen atoms in total. The highest BCUT2D eigenvalue weighted by atomic mass is 16.5. The SMILES string of the molecule is COC(=O)C(C)C(O)[C@@H](OCc1ccccc1)C(C)C. The van der Waals surface area contributed by atoms with Crippen LogP contribution < -0.4 is 0 Å². The van der Waals surface area contributed by atoms with Crippen LogP contribution in [0, 0.1) is 11.8 Å². The zero-order chi connectivity index (χ0) is 15.1. The molecule has 1 N–H and O–H groups in total. The number of methoxy groups -OCH3 is 1. The molecule has 112 valence electrons. The van der Waals surface area contributed by atoms with Crippen molar-refractivity contribution in [3.05, 3.63) is 35.9 Å². The first-order chi connectivity index (χ1) is 9.47. The summed E-state index contributed by atoms with van der Waals surface area (Å²) in [5.74, 6) is -0.935. The lowest BCUT2D eigenvalue weighted by molar-refractivity contribution is -0.155. The predicted octanol–water partition coefficient (Wildman–Crippen LogP) is 2.40. The van der Waals surface area contributed by atoms with Crippen molar-refractivity contribution in [2.45, 2.75) is 39.6 Å². The summed E-state index contributed by atoms with van der Waals surface area (Å²) in [6, 6.07) is 9.76. The van der Waals surface area contributed by atoms with Crippen LogP contribution in [0.25, 0.3) is 0 Å². The van der Waals surface area contributed by atoms with Crippen LogP contribution in [0.5, 0.6) is 0 Å². The van der Waals surface area contributed by atoms with E-state index in [9.17, 15) is 9.90 Å². The summed E-state index contributed by atoms with van der Waals surface area (Å²) in [5.41, 5.74) is 1.04. The third-order valence-electron chi connectivity index (χ3n) is 3.36. The molecular formula is C16H24O4. The van der Waals surface area contributed by atoms with Crippen LogP contribution in [0.15, 0.2) is 30.3 Å². The lowest BCUT2D eigenvalue weighted by atomic mass is 9.92. The number of esters is 1. The van der Waals surface area contributed by atoms with Gasteiger partial charge < -0.3 is 14.6 Å². The van der Waals surface area contributed by atoms with Gasteiger partial charge in [-0.1, -0.05) is 44.2 Å². The maximum atomic E-state index is 11.5. The molecule has 0 aromatic heterocycles. The van der Waals surface area contributed by atoms with E-state index in [4.69, 9.17) is 4.74 Å². The lowest BCUT2D eigenvalue weighted by Gasteiger charge is -2.29. The molecule has 0 aliphatic rings. The van der Waals surface area contributed by atoms with Crippen molar-refractivity contribution in [2.75, 3.05) is 7.11 Å². The second kappa shape index (κ2) is 8.02.